The second-order valence-electron chi connectivity index (χ2n) is 4.78. The molecule has 1 aliphatic rings. The number of likely N-dealkylation sites (N-methyl/N-ethyl adjacent to an activating group) is 1. The first-order valence-corrected chi connectivity index (χ1v) is 5.87. The third-order valence-corrected chi connectivity index (χ3v) is 3.18. The van der Waals surface area contributed by atoms with Gasteiger partial charge in [0.15, 0.2) is 0 Å². The quantitative estimate of drug-likeness (QED) is 0.778. The molecule has 16 heavy (non-hydrogen) atoms. The van der Waals surface area contributed by atoms with Crippen LogP contribution >= 0.6 is 0 Å². The van der Waals surface area contributed by atoms with Crippen LogP contribution in [0.4, 0.5) is 0 Å². The van der Waals surface area contributed by atoms with E-state index in [1.807, 2.05) is 0 Å². The Morgan fingerprint density at radius 3 is 2.94 bits per heavy atom. The second-order valence-corrected chi connectivity index (χ2v) is 4.78. The van der Waals surface area contributed by atoms with Crippen LogP contribution in [0.3, 0.4) is 0 Å². The highest BCUT2D eigenvalue weighted by atomic mass is 16.3. The van der Waals surface area contributed by atoms with Gasteiger partial charge in [-0.3, -0.25) is 0 Å². The van der Waals surface area contributed by atoms with E-state index in [1.54, 1.807) is 0 Å². The van der Waals surface area contributed by atoms with E-state index in [9.17, 15) is 0 Å². The number of nitrogens with zero attached hydrogens (tertiary/aromatic N) is 4. The van der Waals surface area contributed by atoms with Crippen molar-refractivity contribution in [1.82, 2.24) is 19.7 Å². The highest BCUT2D eigenvalue weighted by molar-refractivity contribution is 5.00. The summed E-state index contributed by atoms with van der Waals surface area (Å²) in [6.07, 6.45) is 2.85. The van der Waals surface area contributed by atoms with Gasteiger partial charge in [0.05, 0.1) is 0 Å². The van der Waals surface area contributed by atoms with Gasteiger partial charge in [-0.2, -0.15) is 0 Å². The van der Waals surface area contributed by atoms with E-state index in [2.05, 4.69) is 33.8 Å². The number of aliphatic hydroxyl groups is 1. The Morgan fingerprint density at radius 1 is 1.44 bits per heavy atom. The molecule has 0 saturated carbocycles. The van der Waals surface area contributed by atoms with Crippen molar-refractivity contribution in [1.29, 1.82) is 0 Å². The van der Waals surface area contributed by atoms with Crippen molar-refractivity contribution >= 4 is 0 Å². The third kappa shape index (κ3) is 2.41. The normalized spacial score (nSPS) is 20.1. The van der Waals surface area contributed by atoms with Crippen molar-refractivity contribution in [2.45, 2.75) is 25.8 Å². The Kier molecular flexibility index (Phi) is 3.56. The van der Waals surface area contributed by atoms with Gasteiger partial charge in [0.1, 0.15) is 11.6 Å². The Morgan fingerprint density at radius 2 is 2.25 bits per heavy atom. The molecule has 1 aromatic rings. The molecule has 1 aromatic heterocycles. The average Bonchev–Trinajstić information content (AvgIpc) is 2.68. The van der Waals surface area contributed by atoms with Gasteiger partial charge in [-0.05, 0) is 26.4 Å². The predicted octanol–water partition coefficient (Wildman–Crippen LogP) is -0.0631. The minimum Gasteiger partial charge on any atom is -0.396 e. The number of aliphatic hydroxyl groups excluding tert-OH is 1. The Hall–Kier alpha value is -0.940. The molecule has 0 fully saturated rings. The molecule has 1 atom stereocenters. The summed E-state index contributed by atoms with van der Waals surface area (Å²) in [4.78, 5) is 2.15. The summed E-state index contributed by atoms with van der Waals surface area (Å²) >= 11 is 0. The smallest absolute Gasteiger partial charge is 0.134 e. The van der Waals surface area contributed by atoms with Gasteiger partial charge in [-0.15, -0.1) is 10.2 Å². The van der Waals surface area contributed by atoms with E-state index in [0.29, 0.717) is 5.92 Å². The van der Waals surface area contributed by atoms with E-state index in [4.69, 9.17) is 5.11 Å². The largest absolute Gasteiger partial charge is 0.396 e. The molecule has 0 bridgehead atoms. The van der Waals surface area contributed by atoms with E-state index < -0.39 is 0 Å². The van der Waals surface area contributed by atoms with Crippen LogP contribution in [0.1, 0.15) is 18.1 Å². The van der Waals surface area contributed by atoms with E-state index >= 15 is 0 Å². The fourth-order valence-electron chi connectivity index (χ4n) is 2.12. The molecule has 0 radical (unpaired) electrons. The van der Waals surface area contributed by atoms with Crippen molar-refractivity contribution in [2.75, 3.05) is 27.2 Å². The van der Waals surface area contributed by atoms with Crippen LogP contribution in [-0.2, 0) is 19.4 Å². The lowest BCUT2D eigenvalue weighted by molar-refractivity contribution is 0.198. The molecule has 0 saturated heterocycles. The summed E-state index contributed by atoms with van der Waals surface area (Å²) < 4.78 is 2.22. The number of fused-ring (bicyclic) bond motifs is 1. The lowest BCUT2D eigenvalue weighted by Crippen LogP contribution is -2.24. The van der Waals surface area contributed by atoms with E-state index in [0.717, 1.165) is 44.0 Å². The molecular formula is C11H20N4O. The molecule has 5 nitrogen and oxygen atoms in total. The van der Waals surface area contributed by atoms with Crippen LogP contribution in [0.15, 0.2) is 0 Å². The minimum absolute atomic E-state index is 0.264. The van der Waals surface area contributed by atoms with Crippen LogP contribution < -0.4 is 0 Å². The molecule has 5 heteroatoms. The lowest BCUT2D eigenvalue weighted by Gasteiger charge is -2.22. The zero-order valence-electron chi connectivity index (χ0n) is 10.1. The van der Waals surface area contributed by atoms with Crippen molar-refractivity contribution in [2.24, 2.45) is 5.92 Å². The van der Waals surface area contributed by atoms with Crippen LogP contribution in [0, 0.1) is 5.92 Å². The first kappa shape index (κ1) is 11.5. The van der Waals surface area contributed by atoms with Gasteiger partial charge in [0.25, 0.3) is 0 Å². The monoisotopic (exact) mass is 224 g/mol. The molecular weight excluding hydrogens is 204 g/mol. The number of hydrogen-bond acceptors (Lipinski definition) is 4. The van der Waals surface area contributed by atoms with E-state index in [1.165, 1.54) is 0 Å². The summed E-state index contributed by atoms with van der Waals surface area (Å²) in [5.41, 5.74) is 0. The maximum atomic E-state index is 9.14. The van der Waals surface area contributed by atoms with Gasteiger partial charge in [-0.1, -0.05) is 0 Å². The molecule has 90 valence electrons. The van der Waals surface area contributed by atoms with Gasteiger partial charge in [-0.25, -0.2) is 0 Å². The second kappa shape index (κ2) is 4.93. The van der Waals surface area contributed by atoms with Gasteiger partial charge < -0.3 is 14.6 Å². The molecule has 1 unspecified atom stereocenters. The summed E-state index contributed by atoms with van der Waals surface area (Å²) in [7, 11) is 4.13. The fourth-order valence-corrected chi connectivity index (χ4v) is 2.12. The molecule has 1 N–H and O–H groups in total. The zero-order chi connectivity index (χ0) is 11.5. The zero-order valence-corrected chi connectivity index (χ0v) is 10.1. The average molecular weight is 224 g/mol. The maximum absolute atomic E-state index is 9.14. The molecule has 0 amide bonds. The summed E-state index contributed by atoms with van der Waals surface area (Å²) in [6, 6.07) is 0. The first-order chi connectivity index (χ1) is 7.70. The maximum Gasteiger partial charge on any atom is 0.134 e. The van der Waals surface area contributed by atoms with Gasteiger partial charge in [0, 0.05) is 32.5 Å². The lowest BCUT2D eigenvalue weighted by atomic mass is 9.99. The minimum atomic E-state index is 0.264. The summed E-state index contributed by atoms with van der Waals surface area (Å²) in [5.74, 6) is 2.50. The van der Waals surface area contributed by atoms with Crippen LogP contribution in [0.5, 0.6) is 0 Å². The molecule has 2 rings (SSSR count). The van der Waals surface area contributed by atoms with Crippen molar-refractivity contribution in [3.63, 3.8) is 0 Å². The molecule has 0 aliphatic carbocycles. The first-order valence-electron chi connectivity index (χ1n) is 5.87. The Balaban J connectivity index is 2.04. The highest BCUT2D eigenvalue weighted by Gasteiger charge is 2.22. The van der Waals surface area contributed by atoms with E-state index in [-0.39, 0.29) is 6.61 Å². The standard InChI is InChI=1S/C11H20N4O/c1-14(2)5-4-10-12-13-11-7-9(8-16)3-6-15(10)11/h9,16H,3-8H2,1-2H3. The fraction of sp³-hybridized carbons (Fsp3) is 0.818. The SMILES string of the molecule is CN(C)CCc1nnc2n1CCC(CO)C2. The molecule has 2 heterocycles. The van der Waals surface area contributed by atoms with Crippen molar-refractivity contribution in [3.05, 3.63) is 11.6 Å². The molecule has 0 aromatic carbocycles. The number of aromatic nitrogens is 3. The number of hydrogen-bond donors (Lipinski definition) is 1. The van der Waals surface area contributed by atoms with Gasteiger partial charge >= 0.3 is 0 Å². The van der Waals surface area contributed by atoms with Crippen molar-refractivity contribution < 1.29 is 5.11 Å². The summed E-state index contributed by atoms with van der Waals surface area (Å²) in [5, 5.41) is 17.6. The third-order valence-electron chi connectivity index (χ3n) is 3.18. The molecule has 1 aliphatic heterocycles. The van der Waals surface area contributed by atoms with Crippen LogP contribution in [-0.4, -0.2) is 52.0 Å². The Bertz CT molecular complexity index is 348. The van der Waals surface area contributed by atoms with Crippen LogP contribution in [0.2, 0.25) is 0 Å². The van der Waals surface area contributed by atoms with Gasteiger partial charge in [0.2, 0.25) is 0 Å². The highest BCUT2D eigenvalue weighted by Crippen LogP contribution is 2.19. The summed E-state index contributed by atoms with van der Waals surface area (Å²) in [6.45, 7) is 2.22. The Labute approximate surface area is 96.1 Å². The number of rotatable bonds is 4. The molecule has 0 spiro atoms. The van der Waals surface area contributed by atoms with Crippen LogP contribution in [0.25, 0.3) is 0 Å². The predicted molar refractivity (Wildman–Crippen MR) is 61.2 cm³/mol. The van der Waals surface area contributed by atoms with Crippen molar-refractivity contribution in [3.8, 4) is 0 Å². The topological polar surface area (TPSA) is 54.2 Å².